The van der Waals surface area contributed by atoms with Gasteiger partial charge in [-0.1, -0.05) is 12.1 Å². The van der Waals surface area contributed by atoms with Crippen molar-refractivity contribution in [1.29, 1.82) is 0 Å². The number of rotatable bonds is 8. The van der Waals surface area contributed by atoms with E-state index in [0.29, 0.717) is 17.9 Å². The van der Waals surface area contributed by atoms with E-state index in [0.717, 1.165) is 39.1 Å². The zero-order chi connectivity index (χ0) is 26.4. The number of nitrogens with zero attached hydrogens (tertiary/aromatic N) is 4. The molecule has 2 aromatic carbocycles. The van der Waals surface area contributed by atoms with Crippen LogP contribution >= 0.6 is 0 Å². The number of amides is 1. The summed E-state index contributed by atoms with van der Waals surface area (Å²) in [7, 11) is 2.11. The summed E-state index contributed by atoms with van der Waals surface area (Å²) >= 11 is 0. The summed E-state index contributed by atoms with van der Waals surface area (Å²) in [6.45, 7) is 6.82. The van der Waals surface area contributed by atoms with Crippen molar-refractivity contribution in [3.8, 4) is 11.3 Å². The second-order valence-electron chi connectivity index (χ2n) is 9.24. The highest BCUT2D eigenvalue weighted by Crippen LogP contribution is 2.22. The minimum Gasteiger partial charge on any atom is -0.449 e. The minimum atomic E-state index is -0.681. The van der Waals surface area contributed by atoms with E-state index in [9.17, 15) is 18.4 Å². The summed E-state index contributed by atoms with van der Waals surface area (Å²) in [5, 5.41) is 6.99. The first-order chi connectivity index (χ1) is 17.8. The number of benzene rings is 2. The Hall–Kier alpha value is -3.63. The Labute approximate surface area is 214 Å². The Morgan fingerprint density at radius 2 is 1.78 bits per heavy atom. The molecule has 1 aromatic heterocycles. The normalized spacial score (nSPS) is 14.5. The molecule has 1 fully saturated rings. The molecule has 0 saturated carbocycles. The Bertz CT molecular complexity index is 1280. The molecule has 1 N–H and O–H groups in total. The topological polar surface area (TPSA) is 79.7 Å². The number of ether oxygens (including phenoxy) is 1. The third-order valence-electron chi connectivity index (χ3n) is 6.40. The summed E-state index contributed by atoms with van der Waals surface area (Å²) in [5.41, 5.74) is 1.30. The van der Waals surface area contributed by atoms with Gasteiger partial charge in [0.2, 0.25) is 0 Å². The maximum atomic E-state index is 14.0. The van der Waals surface area contributed by atoms with E-state index < -0.39 is 17.7 Å². The molecule has 1 saturated heterocycles. The first-order valence-corrected chi connectivity index (χ1v) is 12.3. The predicted molar refractivity (Wildman–Crippen MR) is 138 cm³/mol. The Balaban J connectivity index is 1.34. The van der Waals surface area contributed by atoms with E-state index in [-0.39, 0.29) is 28.9 Å². The lowest BCUT2D eigenvalue weighted by molar-refractivity contribution is 0.130. The highest BCUT2D eigenvalue weighted by atomic mass is 19.1. The fraction of sp³-hybridized carbons (Fsp3) is 0.370. The third kappa shape index (κ3) is 7.21. The van der Waals surface area contributed by atoms with Crippen molar-refractivity contribution in [2.45, 2.75) is 19.9 Å². The molecule has 196 valence electrons. The van der Waals surface area contributed by atoms with Crippen LogP contribution in [0.25, 0.3) is 11.3 Å². The molecule has 10 heteroatoms. The Morgan fingerprint density at radius 3 is 2.51 bits per heavy atom. The highest BCUT2D eigenvalue weighted by Gasteiger charge is 2.14. The van der Waals surface area contributed by atoms with Crippen LogP contribution in [0.15, 0.2) is 53.3 Å². The Morgan fingerprint density at radius 1 is 1.05 bits per heavy atom. The van der Waals surface area contributed by atoms with Crippen LogP contribution in [0.1, 0.15) is 17.5 Å². The van der Waals surface area contributed by atoms with E-state index in [4.69, 9.17) is 4.74 Å². The number of nitrogens with one attached hydrogen (secondary N) is 1. The summed E-state index contributed by atoms with van der Waals surface area (Å²) < 4.78 is 34.5. The lowest BCUT2D eigenvalue weighted by Gasteiger charge is -2.32. The molecule has 2 heterocycles. The van der Waals surface area contributed by atoms with Crippen molar-refractivity contribution in [1.82, 2.24) is 19.6 Å². The number of halogens is 2. The minimum absolute atomic E-state index is 0.0741. The van der Waals surface area contributed by atoms with Gasteiger partial charge in [-0.15, -0.1) is 0 Å². The van der Waals surface area contributed by atoms with Crippen molar-refractivity contribution in [2.75, 3.05) is 51.7 Å². The number of likely N-dealkylation sites (N-methyl/N-ethyl adjacent to an activating group) is 1. The van der Waals surface area contributed by atoms with Gasteiger partial charge in [-0.25, -0.2) is 18.3 Å². The van der Waals surface area contributed by atoms with Gasteiger partial charge in [0, 0.05) is 55.6 Å². The molecular formula is C27H31F2N5O3. The number of aromatic nitrogens is 2. The second kappa shape index (κ2) is 12.1. The van der Waals surface area contributed by atoms with Crippen molar-refractivity contribution in [3.05, 3.63) is 81.6 Å². The van der Waals surface area contributed by atoms with Crippen molar-refractivity contribution < 1.29 is 18.3 Å². The maximum Gasteiger partial charge on any atom is 0.411 e. The van der Waals surface area contributed by atoms with Gasteiger partial charge in [-0.3, -0.25) is 10.1 Å². The number of carbonyl (C=O) groups excluding carboxylic acids is 1. The molecule has 3 aromatic rings. The maximum absolute atomic E-state index is 14.0. The van der Waals surface area contributed by atoms with Crippen LogP contribution in [0.2, 0.25) is 0 Å². The summed E-state index contributed by atoms with van der Waals surface area (Å²) in [6.07, 6.45) is 0.216. The number of piperazine rings is 1. The molecule has 1 amide bonds. The molecule has 0 aliphatic carbocycles. The van der Waals surface area contributed by atoms with Crippen molar-refractivity contribution in [3.63, 3.8) is 0 Å². The van der Waals surface area contributed by atoms with E-state index >= 15 is 0 Å². The van der Waals surface area contributed by atoms with Crippen molar-refractivity contribution in [2.24, 2.45) is 0 Å². The van der Waals surface area contributed by atoms with Gasteiger partial charge in [-0.2, -0.15) is 5.10 Å². The largest absolute Gasteiger partial charge is 0.449 e. The van der Waals surface area contributed by atoms with Gasteiger partial charge < -0.3 is 14.5 Å². The van der Waals surface area contributed by atoms with Gasteiger partial charge in [0.1, 0.15) is 11.6 Å². The van der Waals surface area contributed by atoms with E-state index in [1.54, 1.807) is 24.3 Å². The monoisotopic (exact) mass is 511 g/mol. The zero-order valence-corrected chi connectivity index (χ0v) is 21.0. The van der Waals surface area contributed by atoms with Crippen LogP contribution in [-0.4, -0.2) is 72.1 Å². The van der Waals surface area contributed by atoms with Crippen LogP contribution < -0.4 is 10.9 Å². The highest BCUT2D eigenvalue weighted by molar-refractivity contribution is 5.84. The molecule has 0 radical (unpaired) electrons. The Kier molecular flexibility index (Phi) is 8.62. The summed E-state index contributed by atoms with van der Waals surface area (Å²) in [6, 6.07) is 12.1. The van der Waals surface area contributed by atoms with E-state index in [1.165, 1.54) is 35.9 Å². The van der Waals surface area contributed by atoms with Gasteiger partial charge in [0.25, 0.3) is 5.56 Å². The zero-order valence-electron chi connectivity index (χ0n) is 21.0. The number of hydrogen-bond acceptors (Lipinski definition) is 6. The first kappa shape index (κ1) is 26.4. The number of anilines is 1. The van der Waals surface area contributed by atoms with Gasteiger partial charge >= 0.3 is 6.09 Å². The molecule has 1 aliphatic heterocycles. The SMILES string of the molecule is Cc1c(F)cc(-c2ccc(=O)n(Cc3cccc(NC(=O)OCCCN4CCN(C)CC4)c3)n2)cc1F. The lowest BCUT2D eigenvalue weighted by atomic mass is 10.1. The smallest absolute Gasteiger partial charge is 0.411 e. The third-order valence-corrected chi connectivity index (χ3v) is 6.40. The molecule has 1 aliphatic rings. The quantitative estimate of drug-likeness (QED) is 0.465. The van der Waals surface area contributed by atoms with Gasteiger partial charge in [-0.05, 0) is 56.3 Å². The average Bonchev–Trinajstić information content (AvgIpc) is 2.87. The molecule has 37 heavy (non-hydrogen) atoms. The molecule has 8 nitrogen and oxygen atoms in total. The van der Waals surface area contributed by atoms with Crippen LogP contribution in [0, 0.1) is 18.6 Å². The standard InChI is InChI=1S/C27H31F2N5O3/c1-19-23(28)16-21(17-24(19)29)25-7-8-26(35)34(31-25)18-20-5-3-6-22(15-20)30-27(36)37-14-4-9-33-12-10-32(2)11-13-33/h3,5-8,15-17H,4,9-14,18H2,1-2H3,(H,30,36). The van der Waals surface area contributed by atoms with Gasteiger partial charge in [0.15, 0.2) is 0 Å². The summed E-state index contributed by atoms with van der Waals surface area (Å²) in [5.74, 6) is -1.36. The van der Waals surface area contributed by atoms with Crippen LogP contribution in [0.5, 0.6) is 0 Å². The molecule has 0 atom stereocenters. The van der Waals surface area contributed by atoms with Crippen molar-refractivity contribution >= 4 is 11.8 Å². The van der Waals surface area contributed by atoms with Crippen LogP contribution in [-0.2, 0) is 11.3 Å². The van der Waals surface area contributed by atoms with E-state index in [1.807, 2.05) is 0 Å². The van der Waals surface area contributed by atoms with E-state index in [2.05, 4.69) is 27.3 Å². The van der Waals surface area contributed by atoms with Crippen LogP contribution in [0.4, 0.5) is 19.3 Å². The predicted octanol–water partition coefficient (Wildman–Crippen LogP) is 3.73. The lowest BCUT2D eigenvalue weighted by Crippen LogP contribution is -2.44. The molecule has 0 unspecified atom stereocenters. The molecule has 4 rings (SSSR count). The number of hydrogen-bond donors (Lipinski definition) is 1. The molecule has 0 spiro atoms. The van der Waals surface area contributed by atoms with Gasteiger partial charge in [0.05, 0.1) is 18.8 Å². The number of carbonyl (C=O) groups is 1. The average molecular weight is 512 g/mol. The molecular weight excluding hydrogens is 480 g/mol. The summed E-state index contributed by atoms with van der Waals surface area (Å²) in [4.78, 5) is 29.3. The fourth-order valence-corrected chi connectivity index (χ4v) is 4.11. The first-order valence-electron chi connectivity index (χ1n) is 12.3. The second-order valence-corrected chi connectivity index (χ2v) is 9.24. The van der Waals surface area contributed by atoms with Crippen LogP contribution in [0.3, 0.4) is 0 Å². The fourth-order valence-electron chi connectivity index (χ4n) is 4.11. The molecule has 0 bridgehead atoms.